The van der Waals surface area contributed by atoms with Crippen LogP contribution in [0.3, 0.4) is 0 Å². The van der Waals surface area contributed by atoms with Gasteiger partial charge in [0.2, 0.25) is 17.7 Å². The van der Waals surface area contributed by atoms with Crippen LogP contribution >= 0.6 is 0 Å². The van der Waals surface area contributed by atoms with Crippen LogP contribution in [0.25, 0.3) is 0 Å². The Kier molecular flexibility index (Phi) is 30.3. The zero-order valence-electron chi connectivity index (χ0n) is 36.7. The summed E-state index contributed by atoms with van der Waals surface area (Å²) in [5, 5.41) is 13.3. The van der Waals surface area contributed by atoms with Crippen molar-refractivity contribution in [1.82, 2.24) is 31.5 Å². The van der Waals surface area contributed by atoms with Gasteiger partial charge >= 0.3 is 30.0 Å². The number of carbonyl (C=O) groups is 11. The summed E-state index contributed by atoms with van der Waals surface area (Å²) in [5.41, 5.74) is 0. The van der Waals surface area contributed by atoms with Crippen LogP contribution in [0.1, 0.15) is 119 Å². The summed E-state index contributed by atoms with van der Waals surface area (Å²) in [6, 6.07) is -1.16. The molecule has 0 aromatic heterocycles. The van der Waals surface area contributed by atoms with Gasteiger partial charge in [-0.25, -0.2) is 14.5 Å². The number of Topliss-reactive ketones (excluding diaryl/α,β-unsaturated/α-hetero) is 3. The van der Waals surface area contributed by atoms with E-state index in [1.165, 1.54) is 0 Å². The Morgan fingerprint density at radius 3 is 0.869 bits per heavy atom. The van der Waals surface area contributed by atoms with Crippen molar-refractivity contribution in [3.05, 3.63) is 0 Å². The van der Waals surface area contributed by atoms with Crippen LogP contribution in [0.5, 0.6) is 0 Å². The molecule has 20 heteroatoms. The molecule has 0 aliphatic rings. The second-order valence-electron chi connectivity index (χ2n) is 14.1. The number of ketones is 3. The summed E-state index contributed by atoms with van der Waals surface area (Å²) in [4.78, 5) is 136. The number of urea groups is 2. The topological polar surface area (TPSA) is 279 Å². The van der Waals surface area contributed by atoms with Gasteiger partial charge in [-0.15, -0.1) is 0 Å². The van der Waals surface area contributed by atoms with Gasteiger partial charge < -0.3 is 40.8 Å². The van der Waals surface area contributed by atoms with Crippen molar-refractivity contribution in [3.8, 4) is 0 Å². The molecule has 7 amide bonds. The number of imide groups is 1. The number of nitrogens with one attached hydrogen (secondary N) is 5. The molecule has 20 nitrogen and oxygen atoms in total. The van der Waals surface area contributed by atoms with E-state index in [1.54, 1.807) is 20.8 Å². The summed E-state index contributed by atoms with van der Waals surface area (Å²) in [6.45, 7) is 9.67. The van der Waals surface area contributed by atoms with Crippen LogP contribution in [0, 0.1) is 17.8 Å². The third-order valence-electron chi connectivity index (χ3n) is 9.03. The van der Waals surface area contributed by atoms with Gasteiger partial charge in [-0.2, -0.15) is 0 Å². The van der Waals surface area contributed by atoms with Crippen molar-refractivity contribution in [3.63, 3.8) is 0 Å². The van der Waals surface area contributed by atoms with Crippen LogP contribution in [-0.4, -0.2) is 129 Å². The second-order valence-corrected chi connectivity index (χ2v) is 14.1. The number of esters is 3. The summed E-state index contributed by atoms with van der Waals surface area (Å²) < 4.78 is 14.4. The molecular weight excluding hydrogens is 800 g/mol. The molecule has 0 unspecified atom stereocenters. The minimum atomic E-state index is -1.53. The number of ether oxygens (including phenoxy) is 3. The first-order valence-corrected chi connectivity index (χ1v) is 21.2. The van der Waals surface area contributed by atoms with E-state index in [1.807, 2.05) is 0 Å². The van der Waals surface area contributed by atoms with Gasteiger partial charge in [0.1, 0.15) is 0 Å². The first kappa shape index (κ1) is 55.6. The lowest BCUT2D eigenvalue weighted by Gasteiger charge is -2.22. The molecule has 0 saturated heterocycles. The second kappa shape index (κ2) is 33.3. The van der Waals surface area contributed by atoms with Gasteiger partial charge in [-0.1, -0.05) is 38.5 Å². The predicted molar refractivity (Wildman–Crippen MR) is 220 cm³/mol. The fraction of sp³-hybridized carbons (Fsp3) is 0.732. The fourth-order valence-corrected chi connectivity index (χ4v) is 5.82. The van der Waals surface area contributed by atoms with E-state index in [4.69, 9.17) is 14.2 Å². The summed E-state index contributed by atoms with van der Waals surface area (Å²) in [6.07, 6.45) is 7.26. The van der Waals surface area contributed by atoms with Gasteiger partial charge in [-0.3, -0.25) is 43.2 Å². The monoisotopic (exact) mass is 868 g/mol. The molecule has 0 aromatic rings. The van der Waals surface area contributed by atoms with Gasteiger partial charge in [0.15, 0.2) is 35.1 Å². The molecule has 61 heavy (non-hydrogen) atoms. The molecule has 0 radical (unpaired) electrons. The van der Waals surface area contributed by atoms with Crippen molar-refractivity contribution < 1.29 is 67.0 Å². The Bertz CT molecular complexity index is 1400. The van der Waals surface area contributed by atoms with Crippen molar-refractivity contribution in [2.24, 2.45) is 17.8 Å². The molecule has 5 N–H and O–H groups in total. The first-order valence-electron chi connectivity index (χ1n) is 21.2. The van der Waals surface area contributed by atoms with E-state index in [2.05, 4.69) is 26.6 Å². The van der Waals surface area contributed by atoms with Crippen LogP contribution in [0.15, 0.2) is 0 Å². The standard InChI is InChI=1S/C41H68N6O14/c1-7-59-37(54)31(28(4)48)34(51)42-22-16-10-12-19-25-45-40(57)47(27-21-15-14-18-24-44-36(53)33(30(6)50)39(56)61-9-3)41(58)46-26-20-13-11-17-23-43-35(52)32(29(5)49)38(55)60-8-2/h31-33H,7-27H2,1-6H3,(H,42,51)(H,43,52)(H,44,53)(H,45,57)(H,46,58)/t31-,32+,33-/m0/s1. The van der Waals surface area contributed by atoms with Gasteiger partial charge in [-0.05, 0) is 80.1 Å². The van der Waals surface area contributed by atoms with E-state index in [0.29, 0.717) is 77.0 Å². The van der Waals surface area contributed by atoms with Gasteiger partial charge in [0.25, 0.3) is 0 Å². The Labute approximate surface area is 358 Å². The van der Waals surface area contributed by atoms with Crippen molar-refractivity contribution in [2.45, 2.75) is 119 Å². The van der Waals surface area contributed by atoms with E-state index < -0.39 is 82.8 Å². The van der Waals surface area contributed by atoms with Crippen molar-refractivity contribution >= 4 is 65.0 Å². The van der Waals surface area contributed by atoms with Gasteiger partial charge in [0, 0.05) is 39.3 Å². The van der Waals surface area contributed by atoms with Crippen LogP contribution in [0.4, 0.5) is 9.59 Å². The van der Waals surface area contributed by atoms with Crippen LogP contribution in [-0.2, 0) is 57.4 Å². The molecule has 0 rings (SSSR count). The predicted octanol–water partition coefficient (Wildman–Crippen LogP) is 2.04. The summed E-state index contributed by atoms with van der Waals surface area (Å²) in [5.74, 6) is -11.2. The van der Waals surface area contributed by atoms with E-state index in [9.17, 15) is 52.7 Å². The fourth-order valence-electron chi connectivity index (χ4n) is 5.82. The lowest BCUT2D eigenvalue weighted by Crippen LogP contribution is -2.49. The molecule has 0 aliphatic carbocycles. The molecule has 0 spiro atoms. The highest BCUT2D eigenvalue weighted by atomic mass is 16.5. The third kappa shape index (κ3) is 23.8. The van der Waals surface area contributed by atoms with Crippen LogP contribution < -0.4 is 26.6 Å². The largest absolute Gasteiger partial charge is 0.465 e. The van der Waals surface area contributed by atoms with Crippen LogP contribution in [0.2, 0.25) is 0 Å². The highest BCUT2D eigenvalue weighted by Gasteiger charge is 2.34. The minimum absolute atomic E-state index is 0.0346. The Morgan fingerprint density at radius 2 is 0.623 bits per heavy atom. The zero-order chi connectivity index (χ0) is 46.2. The first-order chi connectivity index (χ1) is 29.0. The quantitative estimate of drug-likeness (QED) is 0.0273. The molecule has 0 heterocycles. The SMILES string of the molecule is CCOC(=O)[C@H](C(C)=O)C(=O)NCCCCCCNC(=O)N(CCCCCCNC(=O)[C@H](C(C)=O)C(=O)OCC)C(=O)NCCCCCCNC(=O)[C@H](C(C)=O)C(=O)OCC. The normalized spacial score (nSPS) is 12.0. The molecule has 0 saturated carbocycles. The van der Waals surface area contributed by atoms with E-state index in [0.717, 1.165) is 25.7 Å². The maximum atomic E-state index is 13.2. The highest BCUT2D eigenvalue weighted by molar-refractivity contribution is 6.17. The lowest BCUT2D eigenvalue weighted by atomic mass is 10.0. The number of unbranched alkanes of at least 4 members (excludes halogenated alkanes) is 9. The number of hydrogen-bond acceptors (Lipinski definition) is 14. The maximum absolute atomic E-state index is 13.2. The summed E-state index contributed by atoms with van der Waals surface area (Å²) in [7, 11) is 0. The van der Waals surface area contributed by atoms with Crippen molar-refractivity contribution in [2.75, 3.05) is 59.1 Å². The average Bonchev–Trinajstić information content (AvgIpc) is 3.17. The maximum Gasteiger partial charge on any atom is 0.326 e. The molecule has 0 aromatic carbocycles. The molecule has 346 valence electrons. The number of nitrogens with zero attached hydrogens (tertiary/aromatic N) is 1. The Balaban J connectivity index is 4.94. The number of carbonyl (C=O) groups excluding carboxylic acids is 11. The lowest BCUT2D eigenvalue weighted by molar-refractivity contribution is -0.157. The van der Waals surface area contributed by atoms with E-state index in [-0.39, 0.29) is 59.1 Å². The summed E-state index contributed by atoms with van der Waals surface area (Å²) >= 11 is 0. The minimum Gasteiger partial charge on any atom is -0.465 e. The number of rotatable bonds is 33. The van der Waals surface area contributed by atoms with Gasteiger partial charge in [0.05, 0.1) is 19.8 Å². The number of amides is 7. The molecule has 0 aliphatic heterocycles. The molecule has 3 atom stereocenters. The van der Waals surface area contributed by atoms with E-state index >= 15 is 0 Å². The molecule has 0 bridgehead atoms. The van der Waals surface area contributed by atoms with Crippen molar-refractivity contribution in [1.29, 1.82) is 0 Å². The highest BCUT2D eigenvalue weighted by Crippen LogP contribution is 2.08. The smallest absolute Gasteiger partial charge is 0.326 e. The molecule has 0 fully saturated rings. The molecular formula is C41H68N6O14. The Hall–Kier alpha value is -5.43. The number of hydrogen-bond donors (Lipinski definition) is 5. The third-order valence-corrected chi connectivity index (χ3v) is 9.03. The Morgan fingerprint density at radius 1 is 0.377 bits per heavy atom. The average molecular weight is 869 g/mol. The zero-order valence-corrected chi connectivity index (χ0v) is 36.7.